The third-order valence-corrected chi connectivity index (χ3v) is 2.59. The molecule has 88 valence electrons. The molecule has 4 nitrogen and oxygen atoms in total. The quantitative estimate of drug-likeness (QED) is 0.508. The van der Waals surface area contributed by atoms with Crippen LogP contribution in [-0.4, -0.2) is 22.4 Å². The van der Waals surface area contributed by atoms with Crippen molar-refractivity contribution in [2.45, 2.75) is 57.8 Å². The zero-order chi connectivity index (χ0) is 11.7. The number of carbonyl (C=O) groups is 1. The van der Waals surface area contributed by atoms with Gasteiger partial charge in [0, 0.05) is 0 Å². The van der Waals surface area contributed by atoms with Crippen LogP contribution in [-0.2, 0) is 9.53 Å². The van der Waals surface area contributed by atoms with Crippen LogP contribution in [0.2, 0.25) is 0 Å². The SMILES string of the molecule is CC(C)(C)OC(=O)C1CCC(N)(O)CC1. The van der Waals surface area contributed by atoms with Gasteiger partial charge in [-0.05, 0) is 46.5 Å². The third-order valence-electron chi connectivity index (χ3n) is 2.59. The summed E-state index contributed by atoms with van der Waals surface area (Å²) in [4.78, 5) is 11.7. The highest BCUT2D eigenvalue weighted by Crippen LogP contribution is 2.30. The van der Waals surface area contributed by atoms with E-state index in [4.69, 9.17) is 10.5 Å². The van der Waals surface area contributed by atoms with Crippen molar-refractivity contribution in [1.82, 2.24) is 0 Å². The van der Waals surface area contributed by atoms with E-state index in [0.29, 0.717) is 25.7 Å². The molecule has 0 saturated heterocycles. The Hall–Kier alpha value is -0.610. The minimum atomic E-state index is -1.08. The Morgan fingerprint density at radius 3 is 2.27 bits per heavy atom. The normalized spacial score (nSPS) is 32.5. The Morgan fingerprint density at radius 2 is 1.87 bits per heavy atom. The lowest BCUT2D eigenvalue weighted by atomic mass is 9.84. The number of aliphatic hydroxyl groups is 1. The van der Waals surface area contributed by atoms with E-state index in [1.165, 1.54) is 0 Å². The molecule has 1 aliphatic rings. The van der Waals surface area contributed by atoms with Crippen molar-refractivity contribution in [3.8, 4) is 0 Å². The van der Waals surface area contributed by atoms with Crippen LogP contribution in [0.5, 0.6) is 0 Å². The number of nitrogens with two attached hydrogens (primary N) is 1. The van der Waals surface area contributed by atoms with Gasteiger partial charge in [-0.25, -0.2) is 0 Å². The average molecular weight is 215 g/mol. The van der Waals surface area contributed by atoms with Crippen molar-refractivity contribution < 1.29 is 14.6 Å². The summed E-state index contributed by atoms with van der Waals surface area (Å²) in [6, 6.07) is 0. The van der Waals surface area contributed by atoms with Crippen LogP contribution in [0.25, 0.3) is 0 Å². The highest BCUT2D eigenvalue weighted by Gasteiger charge is 2.34. The summed E-state index contributed by atoms with van der Waals surface area (Å²) in [5, 5.41) is 9.53. The van der Waals surface area contributed by atoms with Gasteiger partial charge in [-0.1, -0.05) is 0 Å². The Morgan fingerprint density at radius 1 is 1.40 bits per heavy atom. The van der Waals surface area contributed by atoms with Crippen LogP contribution in [0.4, 0.5) is 0 Å². The Kier molecular flexibility index (Phi) is 3.41. The maximum absolute atomic E-state index is 11.7. The van der Waals surface area contributed by atoms with Gasteiger partial charge in [0.25, 0.3) is 0 Å². The van der Waals surface area contributed by atoms with Crippen molar-refractivity contribution in [3.05, 3.63) is 0 Å². The predicted molar refractivity (Wildman–Crippen MR) is 56.9 cm³/mol. The highest BCUT2D eigenvalue weighted by molar-refractivity contribution is 5.73. The first-order valence-corrected chi connectivity index (χ1v) is 5.44. The molecule has 1 aliphatic carbocycles. The van der Waals surface area contributed by atoms with Crippen LogP contribution in [0.3, 0.4) is 0 Å². The van der Waals surface area contributed by atoms with E-state index in [0.717, 1.165) is 0 Å². The molecular weight excluding hydrogens is 194 g/mol. The largest absolute Gasteiger partial charge is 0.460 e. The van der Waals surface area contributed by atoms with Gasteiger partial charge in [-0.3, -0.25) is 4.79 Å². The number of hydrogen-bond acceptors (Lipinski definition) is 4. The van der Waals surface area contributed by atoms with E-state index in [-0.39, 0.29) is 11.9 Å². The topological polar surface area (TPSA) is 72.5 Å². The fraction of sp³-hybridized carbons (Fsp3) is 0.909. The van der Waals surface area contributed by atoms with Crippen LogP contribution < -0.4 is 5.73 Å². The van der Waals surface area contributed by atoms with Crippen molar-refractivity contribution in [3.63, 3.8) is 0 Å². The van der Waals surface area contributed by atoms with Crippen molar-refractivity contribution >= 4 is 5.97 Å². The van der Waals surface area contributed by atoms with Crippen molar-refractivity contribution in [1.29, 1.82) is 0 Å². The molecule has 3 N–H and O–H groups in total. The number of carbonyl (C=O) groups excluding carboxylic acids is 1. The zero-order valence-electron chi connectivity index (χ0n) is 9.75. The smallest absolute Gasteiger partial charge is 0.309 e. The lowest BCUT2D eigenvalue weighted by Crippen LogP contribution is -2.44. The summed E-state index contributed by atoms with van der Waals surface area (Å²) in [6.07, 6.45) is 2.16. The van der Waals surface area contributed by atoms with E-state index < -0.39 is 11.3 Å². The van der Waals surface area contributed by atoms with E-state index in [1.807, 2.05) is 20.8 Å². The summed E-state index contributed by atoms with van der Waals surface area (Å²) in [5.74, 6) is -0.272. The first kappa shape index (κ1) is 12.5. The second-order valence-electron chi connectivity index (χ2n) is 5.41. The monoisotopic (exact) mass is 215 g/mol. The third kappa shape index (κ3) is 4.18. The molecule has 1 saturated carbocycles. The summed E-state index contributed by atoms with van der Waals surface area (Å²) in [6.45, 7) is 5.56. The summed E-state index contributed by atoms with van der Waals surface area (Å²) >= 11 is 0. The molecule has 0 bridgehead atoms. The molecule has 0 aromatic carbocycles. The lowest BCUT2D eigenvalue weighted by Gasteiger charge is -2.33. The maximum atomic E-state index is 11.7. The van der Waals surface area contributed by atoms with Crippen LogP contribution in [0, 0.1) is 5.92 Å². The van der Waals surface area contributed by atoms with Gasteiger partial charge in [0.15, 0.2) is 0 Å². The van der Waals surface area contributed by atoms with Crippen molar-refractivity contribution in [2.75, 3.05) is 0 Å². The molecule has 0 atom stereocenters. The molecular formula is C11H21NO3. The predicted octanol–water partition coefficient (Wildman–Crippen LogP) is 1.17. The maximum Gasteiger partial charge on any atom is 0.309 e. The minimum absolute atomic E-state index is 0.104. The standard InChI is InChI=1S/C11H21NO3/c1-10(2,3)15-9(13)8-4-6-11(12,14)7-5-8/h8,14H,4-7,12H2,1-3H3. The van der Waals surface area contributed by atoms with E-state index in [2.05, 4.69) is 0 Å². The number of hydrogen-bond donors (Lipinski definition) is 2. The molecule has 1 fully saturated rings. The molecule has 0 aromatic rings. The first-order valence-electron chi connectivity index (χ1n) is 5.44. The van der Waals surface area contributed by atoms with Crippen molar-refractivity contribution in [2.24, 2.45) is 11.7 Å². The first-order chi connectivity index (χ1) is 6.70. The molecule has 0 radical (unpaired) electrons. The zero-order valence-corrected chi connectivity index (χ0v) is 9.75. The summed E-state index contributed by atoms with van der Waals surface area (Å²) < 4.78 is 5.28. The number of ether oxygens (including phenoxy) is 1. The molecule has 0 unspecified atom stereocenters. The fourth-order valence-corrected chi connectivity index (χ4v) is 1.74. The Balaban J connectivity index is 2.44. The number of rotatable bonds is 1. The molecule has 15 heavy (non-hydrogen) atoms. The van der Waals surface area contributed by atoms with Crippen LogP contribution in [0.1, 0.15) is 46.5 Å². The van der Waals surface area contributed by atoms with E-state index in [1.54, 1.807) is 0 Å². The average Bonchev–Trinajstić information content (AvgIpc) is 2.00. The fourth-order valence-electron chi connectivity index (χ4n) is 1.74. The second kappa shape index (κ2) is 4.10. The summed E-state index contributed by atoms with van der Waals surface area (Å²) in [7, 11) is 0. The van der Waals surface area contributed by atoms with Gasteiger partial charge in [0.2, 0.25) is 0 Å². The molecule has 1 rings (SSSR count). The van der Waals surface area contributed by atoms with Gasteiger partial charge in [0.05, 0.1) is 5.92 Å². The van der Waals surface area contributed by atoms with E-state index >= 15 is 0 Å². The van der Waals surface area contributed by atoms with Gasteiger partial charge in [0.1, 0.15) is 11.3 Å². The van der Waals surface area contributed by atoms with Crippen LogP contribution in [0.15, 0.2) is 0 Å². The molecule has 0 aliphatic heterocycles. The van der Waals surface area contributed by atoms with Gasteiger partial charge in [-0.2, -0.15) is 0 Å². The van der Waals surface area contributed by atoms with Gasteiger partial charge in [-0.15, -0.1) is 0 Å². The molecule has 0 spiro atoms. The molecule has 0 amide bonds. The van der Waals surface area contributed by atoms with Gasteiger partial charge < -0.3 is 15.6 Å². The Labute approximate surface area is 90.8 Å². The summed E-state index contributed by atoms with van der Waals surface area (Å²) in [5.41, 5.74) is 4.05. The molecule has 0 heterocycles. The van der Waals surface area contributed by atoms with E-state index in [9.17, 15) is 9.90 Å². The second-order valence-corrected chi connectivity index (χ2v) is 5.41. The number of esters is 1. The lowest BCUT2D eigenvalue weighted by molar-refractivity contribution is -0.162. The molecule has 0 aromatic heterocycles. The highest BCUT2D eigenvalue weighted by atomic mass is 16.6. The Bertz CT molecular complexity index is 233. The van der Waals surface area contributed by atoms with Gasteiger partial charge >= 0.3 is 5.97 Å². The molecule has 4 heteroatoms. The minimum Gasteiger partial charge on any atom is -0.460 e. The van der Waals surface area contributed by atoms with Crippen LogP contribution >= 0.6 is 0 Å².